The van der Waals surface area contributed by atoms with Gasteiger partial charge in [-0.15, -0.1) is 0 Å². The van der Waals surface area contributed by atoms with Gasteiger partial charge in [-0.1, -0.05) is 0 Å². The SMILES string of the molecule is CCN(C)C(=O)CNC1CCN(C(C)C)C1. The maximum atomic E-state index is 11.6. The van der Waals surface area contributed by atoms with E-state index in [-0.39, 0.29) is 5.91 Å². The van der Waals surface area contributed by atoms with Crippen molar-refractivity contribution in [2.45, 2.75) is 39.3 Å². The van der Waals surface area contributed by atoms with E-state index in [0.717, 1.165) is 26.1 Å². The summed E-state index contributed by atoms with van der Waals surface area (Å²) in [5, 5.41) is 3.35. The molecule has 16 heavy (non-hydrogen) atoms. The lowest BCUT2D eigenvalue weighted by Crippen LogP contribution is -2.41. The lowest BCUT2D eigenvalue weighted by atomic mass is 10.2. The number of likely N-dealkylation sites (N-methyl/N-ethyl adjacent to an activating group) is 1. The van der Waals surface area contributed by atoms with E-state index in [0.29, 0.717) is 18.6 Å². The van der Waals surface area contributed by atoms with Gasteiger partial charge in [0.15, 0.2) is 0 Å². The molecule has 1 saturated heterocycles. The van der Waals surface area contributed by atoms with Crippen LogP contribution in [0.4, 0.5) is 0 Å². The Morgan fingerprint density at radius 1 is 1.56 bits per heavy atom. The van der Waals surface area contributed by atoms with Gasteiger partial charge < -0.3 is 10.2 Å². The van der Waals surface area contributed by atoms with E-state index in [2.05, 4.69) is 24.1 Å². The zero-order chi connectivity index (χ0) is 12.1. The van der Waals surface area contributed by atoms with Crippen LogP contribution in [-0.2, 0) is 4.79 Å². The monoisotopic (exact) mass is 227 g/mol. The molecule has 1 aliphatic rings. The van der Waals surface area contributed by atoms with Crippen molar-refractivity contribution in [3.63, 3.8) is 0 Å². The minimum Gasteiger partial charge on any atom is -0.345 e. The quantitative estimate of drug-likeness (QED) is 0.744. The smallest absolute Gasteiger partial charge is 0.236 e. The third-order valence-electron chi connectivity index (χ3n) is 3.39. The molecular weight excluding hydrogens is 202 g/mol. The minimum absolute atomic E-state index is 0.186. The fraction of sp³-hybridized carbons (Fsp3) is 0.917. The second-order valence-corrected chi connectivity index (χ2v) is 4.86. The minimum atomic E-state index is 0.186. The first kappa shape index (κ1) is 13.5. The molecule has 0 saturated carbocycles. The molecule has 0 bridgehead atoms. The third-order valence-corrected chi connectivity index (χ3v) is 3.39. The van der Waals surface area contributed by atoms with E-state index in [1.54, 1.807) is 4.90 Å². The number of nitrogens with one attached hydrogen (secondary N) is 1. The summed E-state index contributed by atoms with van der Waals surface area (Å²) in [5.74, 6) is 0.186. The van der Waals surface area contributed by atoms with Crippen LogP contribution in [0.3, 0.4) is 0 Å². The molecular formula is C12H25N3O. The summed E-state index contributed by atoms with van der Waals surface area (Å²) in [6, 6.07) is 1.09. The van der Waals surface area contributed by atoms with E-state index in [1.165, 1.54) is 0 Å². The molecule has 1 rings (SSSR count). The van der Waals surface area contributed by atoms with Gasteiger partial charge >= 0.3 is 0 Å². The van der Waals surface area contributed by atoms with Crippen LogP contribution in [0.1, 0.15) is 27.2 Å². The topological polar surface area (TPSA) is 35.6 Å². The van der Waals surface area contributed by atoms with Crippen molar-refractivity contribution in [2.75, 3.05) is 33.2 Å². The van der Waals surface area contributed by atoms with Gasteiger partial charge in [-0.3, -0.25) is 9.69 Å². The number of hydrogen-bond acceptors (Lipinski definition) is 3. The molecule has 1 amide bonds. The second-order valence-electron chi connectivity index (χ2n) is 4.86. The molecule has 0 radical (unpaired) electrons. The fourth-order valence-electron chi connectivity index (χ4n) is 1.97. The Kier molecular flexibility index (Phi) is 5.22. The van der Waals surface area contributed by atoms with E-state index in [1.807, 2.05) is 14.0 Å². The van der Waals surface area contributed by atoms with Crippen LogP contribution in [0.15, 0.2) is 0 Å². The number of carbonyl (C=O) groups is 1. The highest BCUT2D eigenvalue weighted by atomic mass is 16.2. The fourth-order valence-corrected chi connectivity index (χ4v) is 1.97. The predicted molar refractivity (Wildman–Crippen MR) is 66.4 cm³/mol. The summed E-state index contributed by atoms with van der Waals surface area (Å²) >= 11 is 0. The zero-order valence-electron chi connectivity index (χ0n) is 11.0. The van der Waals surface area contributed by atoms with Gasteiger partial charge in [-0.25, -0.2) is 0 Å². The summed E-state index contributed by atoms with van der Waals surface area (Å²) in [4.78, 5) is 15.8. The summed E-state index contributed by atoms with van der Waals surface area (Å²) < 4.78 is 0. The van der Waals surface area contributed by atoms with Gasteiger partial charge in [-0.05, 0) is 33.7 Å². The maximum absolute atomic E-state index is 11.6. The van der Waals surface area contributed by atoms with Crippen molar-refractivity contribution in [3.05, 3.63) is 0 Å². The van der Waals surface area contributed by atoms with Gasteiger partial charge in [0, 0.05) is 32.2 Å². The molecule has 1 atom stereocenters. The first-order chi connectivity index (χ1) is 7.54. The van der Waals surface area contributed by atoms with Crippen LogP contribution in [-0.4, -0.2) is 61.0 Å². The van der Waals surface area contributed by atoms with Crippen molar-refractivity contribution in [1.82, 2.24) is 15.1 Å². The van der Waals surface area contributed by atoms with Crippen molar-refractivity contribution in [3.8, 4) is 0 Å². The molecule has 1 fully saturated rings. The predicted octanol–water partition coefficient (Wildman–Crippen LogP) is 0.537. The van der Waals surface area contributed by atoms with Crippen LogP contribution >= 0.6 is 0 Å². The van der Waals surface area contributed by atoms with Crippen LogP contribution in [0.5, 0.6) is 0 Å². The third kappa shape index (κ3) is 3.76. The molecule has 4 heteroatoms. The van der Waals surface area contributed by atoms with Crippen molar-refractivity contribution < 1.29 is 4.79 Å². The van der Waals surface area contributed by atoms with Crippen molar-refractivity contribution in [1.29, 1.82) is 0 Å². The average molecular weight is 227 g/mol. The van der Waals surface area contributed by atoms with Crippen LogP contribution in [0, 0.1) is 0 Å². The van der Waals surface area contributed by atoms with Gasteiger partial charge in [0.2, 0.25) is 5.91 Å². The number of hydrogen-bond donors (Lipinski definition) is 1. The van der Waals surface area contributed by atoms with Gasteiger partial charge in [0.1, 0.15) is 0 Å². The molecule has 1 N–H and O–H groups in total. The Morgan fingerprint density at radius 2 is 2.25 bits per heavy atom. The Bertz CT molecular complexity index is 230. The normalized spacial score (nSPS) is 21.7. The number of nitrogens with zero attached hydrogens (tertiary/aromatic N) is 2. The highest BCUT2D eigenvalue weighted by Crippen LogP contribution is 2.11. The van der Waals surface area contributed by atoms with Gasteiger partial charge in [0.05, 0.1) is 6.54 Å². The van der Waals surface area contributed by atoms with E-state index < -0.39 is 0 Å². The number of carbonyl (C=O) groups excluding carboxylic acids is 1. The Labute approximate surface area is 99.0 Å². The van der Waals surface area contributed by atoms with E-state index >= 15 is 0 Å². The average Bonchev–Trinajstić information content (AvgIpc) is 2.73. The van der Waals surface area contributed by atoms with Crippen LogP contribution < -0.4 is 5.32 Å². The lowest BCUT2D eigenvalue weighted by molar-refractivity contribution is -0.128. The van der Waals surface area contributed by atoms with Gasteiger partial charge in [0.25, 0.3) is 0 Å². The molecule has 0 aromatic carbocycles. The Morgan fingerprint density at radius 3 is 2.75 bits per heavy atom. The summed E-state index contributed by atoms with van der Waals surface area (Å²) in [7, 11) is 1.85. The molecule has 0 aromatic rings. The molecule has 1 unspecified atom stereocenters. The molecule has 4 nitrogen and oxygen atoms in total. The first-order valence-electron chi connectivity index (χ1n) is 6.26. The molecule has 0 aliphatic carbocycles. The zero-order valence-corrected chi connectivity index (χ0v) is 11.0. The summed E-state index contributed by atoms with van der Waals surface area (Å²) in [5.41, 5.74) is 0. The van der Waals surface area contributed by atoms with Crippen molar-refractivity contribution >= 4 is 5.91 Å². The second kappa shape index (κ2) is 6.21. The largest absolute Gasteiger partial charge is 0.345 e. The summed E-state index contributed by atoms with van der Waals surface area (Å²) in [6.07, 6.45) is 1.15. The van der Waals surface area contributed by atoms with Gasteiger partial charge in [-0.2, -0.15) is 0 Å². The number of likely N-dealkylation sites (tertiary alicyclic amines) is 1. The van der Waals surface area contributed by atoms with E-state index in [4.69, 9.17) is 0 Å². The standard InChI is InChI=1S/C12H25N3O/c1-5-14(4)12(16)8-13-11-6-7-15(9-11)10(2)3/h10-11,13H,5-9H2,1-4H3. The lowest BCUT2D eigenvalue weighted by Gasteiger charge is -2.21. The first-order valence-corrected chi connectivity index (χ1v) is 6.26. The highest BCUT2D eigenvalue weighted by molar-refractivity contribution is 5.77. The molecule has 1 aliphatic heterocycles. The van der Waals surface area contributed by atoms with Crippen LogP contribution in [0.25, 0.3) is 0 Å². The molecule has 94 valence electrons. The number of rotatable bonds is 5. The molecule has 1 heterocycles. The van der Waals surface area contributed by atoms with Crippen LogP contribution in [0.2, 0.25) is 0 Å². The number of amides is 1. The van der Waals surface area contributed by atoms with E-state index in [9.17, 15) is 4.79 Å². The summed E-state index contributed by atoms with van der Waals surface area (Å²) in [6.45, 7) is 9.91. The highest BCUT2D eigenvalue weighted by Gasteiger charge is 2.24. The van der Waals surface area contributed by atoms with Crippen molar-refractivity contribution in [2.24, 2.45) is 0 Å². The molecule has 0 aromatic heterocycles. The Hall–Kier alpha value is -0.610. The maximum Gasteiger partial charge on any atom is 0.236 e. The Balaban J connectivity index is 2.22. The molecule has 0 spiro atoms.